The summed E-state index contributed by atoms with van der Waals surface area (Å²) in [6, 6.07) is 16.0. The zero-order valence-electron chi connectivity index (χ0n) is 25.9. The van der Waals surface area contributed by atoms with E-state index < -0.39 is 7.92 Å². The molecule has 0 spiro atoms. The van der Waals surface area contributed by atoms with Gasteiger partial charge in [0.1, 0.15) is 11.5 Å². The van der Waals surface area contributed by atoms with Crippen molar-refractivity contribution >= 4 is 13.2 Å². The molecule has 0 atom stereocenters. The summed E-state index contributed by atoms with van der Waals surface area (Å²) in [5, 5.41) is 1.36. The molecule has 0 radical (unpaired) electrons. The smallest absolute Gasteiger partial charge is 0.130 e. The Morgan fingerprint density at radius 3 is 1.49 bits per heavy atom. The first-order chi connectivity index (χ1) is 18.7. The van der Waals surface area contributed by atoms with Crippen LogP contribution in [0.4, 0.5) is 0 Å². The van der Waals surface area contributed by atoms with Crippen LogP contribution in [-0.2, 0) is 12.3 Å². The maximum absolute atomic E-state index is 6.56. The highest BCUT2D eigenvalue weighted by Crippen LogP contribution is 2.48. The summed E-state index contributed by atoms with van der Waals surface area (Å²) < 4.78 is 12.7. The number of rotatable bonds is 15. The van der Waals surface area contributed by atoms with Crippen molar-refractivity contribution in [2.75, 3.05) is 13.2 Å². The van der Waals surface area contributed by atoms with Crippen LogP contribution in [-0.4, -0.2) is 13.2 Å². The molecule has 2 nitrogen and oxygen atoms in total. The van der Waals surface area contributed by atoms with E-state index in [4.69, 9.17) is 9.47 Å². The fourth-order valence-corrected chi connectivity index (χ4v) is 8.50. The molecule has 0 aliphatic rings. The van der Waals surface area contributed by atoms with Crippen LogP contribution in [0.25, 0.3) is 0 Å². The topological polar surface area (TPSA) is 18.5 Å². The Labute approximate surface area is 240 Å². The largest absolute Gasteiger partial charge is 0.493 e. The number of hydrogen-bond donors (Lipinski definition) is 0. The minimum Gasteiger partial charge on any atom is -0.493 e. The van der Waals surface area contributed by atoms with E-state index in [1.165, 1.54) is 75.5 Å². The molecule has 3 rings (SSSR count). The predicted octanol–water partition coefficient (Wildman–Crippen LogP) is 10.2. The highest BCUT2D eigenvalue weighted by Gasteiger charge is 2.22. The molecule has 0 aromatic heterocycles. The molecule has 0 amide bonds. The summed E-state index contributed by atoms with van der Waals surface area (Å²) in [5.41, 5.74) is 11.3. The Morgan fingerprint density at radius 1 is 0.564 bits per heavy atom. The number of benzene rings is 3. The quantitative estimate of drug-likeness (QED) is 0.139. The van der Waals surface area contributed by atoms with Gasteiger partial charge < -0.3 is 9.47 Å². The van der Waals surface area contributed by atoms with Crippen molar-refractivity contribution in [2.24, 2.45) is 0 Å². The first kappa shape index (κ1) is 31.2. The molecule has 0 unspecified atom stereocenters. The lowest BCUT2D eigenvalue weighted by Gasteiger charge is -2.26. The summed E-state index contributed by atoms with van der Waals surface area (Å²) in [5.74, 6) is 1.95. The van der Waals surface area contributed by atoms with Gasteiger partial charge in [-0.15, -0.1) is 0 Å². The maximum atomic E-state index is 6.56. The molecular weight excluding hydrogens is 495 g/mol. The monoisotopic (exact) mass is 546 g/mol. The van der Waals surface area contributed by atoms with E-state index in [-0.39, 0.29) is 0 Å². The van der Waals surface area contributed by atoms with Crippen LogP contribution in [0.1, 0.15) is 96.9 Å². The van der Waals surface area contributed by atoms with Crippen LogP contribution in [0.3, 0.4) is 0 Å². The fourth-order valence-electron chi connectivity index (χ4n) is 5.56. The van der Waals surface area contributed by atoms with Crippen molar-refractivity contribution in [2.45, 2.75) is 106 Å². The average molecular weight is 547 g/mol. The Morgan fingerprint density at radius 2 is 1.03 bits per heavy atom. The first-order valence-corrected chi connectivity index (χ1v) is 16.7. The third kappa shape index (κ3) is 9.11. The Hall–Kier alpha value is -2.31. The molecule has 3 aromatic rings. The molecule has 0 fully saturated rings. The average Bonchev–Trinajstić information content (AvgIpc) is 2.87. The van der Waals surface area contributed by atoms with Gasteiger partial charge in [-0.1, -0.05) is 82.8 Å². The summed E-state index contributed by atoms with van der Waals surface area (Å²) in [6.45, 7) is 19.5. The van der Waals surface area contributed by atoms with Gasteiger partial charge in [0.2, 0.25) is 0 Å². The third-order valence-corrected chi connectivity index (χ3v) is 10.1. The van der Waals surface area contributed by atoms with E-state index >= 15 is 0 Å². The van der Waals surface area contributed by atoms with Crippen LogP contribution in [0.15, 0.2) is 42.5 Å². The minimum atomic E-state index is -0.549. The molecular formula is C36H51O2P. The molecule has 3 aromatic carbocycles. The number of aryl methyl sites for hydroxylation is 6. The summed E-state index contributed by atoms with van der Waals surface area (Å²) >= 11 is 0. The van der Waals surface area contributed by atoms with Gasteiger partial charge in [-0.2, -0.15) is 0 Å². The van der Waals surface area contributed by atoms with Gasteiger partial charge in [-0.05, 0) is 112 Å². The van der Waals surface area contributed by atoms with E-state index in [1.54, 1.807) is 0 Å². The Balaban J connectivity index is 2.04. The number of unbranched alkanes of at least 4 members (excludes halogenated alkanes) is 4. The number of hydrogen-bond acceptors (Lipinski definition) is 2. The normalized spacial score (nSPS) is 11.3. The fraction of sp³-hybridized carbons (Fsp3) is 0.500. The Bertz CT molecular complexity index is 1110. The minimum absolute atomic E-state index is 0.549. The van der Waals surface area contributed by atoms with Crippen LogP contribution >= 0.6 is 7.92 Å². The third-order valence-electron chi connectivity index (χ3n) is 7.67. The summed E-state index contributed by atoms with van der Waals surface area (Å²) in [4.78, 5) is 0. The second kappa shape index (κ2) is 15.5. The molecule has 0 saturated heterocycles. The van der Waals surface area contributed by atoms with Gasteiger partial charge in [0.15, 0.2) is 0 Å². The molecule has 0 heterocycles. The van der Waals surface area contributed by atoms with Crippen molar-refractivity contribution < 1.29 is 9.47 Å². The van der Waals surface area contributed by atoms with Gasteiger partial charge >= 0.3 is 0 Å². The summed E-state index contributed by atoms with van der Waals surface area (Å²) in [7, 11) is -0.549. The molecule has 0 N–H and O–H groups in total. The van der Waals surface area contributed by atoms with Gasteiger partial charge in [0.25, 0.3) is 0 Å². The highest BCUT2D eigenvalue weighted by molar-refractivity contribution is 7.64. The van der Waals surface area contributed by atoms with Gasteiger partial charge in [-0.25, -0.2) is 0 Å². The van der Waals surface area contributed by atoms with E-state index in [1.807, 2.05) is 0 Å². The van der Waals surface area contributed by atoms with E-state index in [9.17, 15) is 0 Å². The molecule has 0 aliphatic heterocycles. The van der Waals surface area contributed by atoms with E-state index in [0.29, 0.717) is 0 Å². The lowest BCUT2D eigenvalue weighted by molar-refractivity contribution is 0.293. The van der Waals surface area contributed by atoms with Crippen molar-refractivity contribution in [3.8, 4) is 11.5 Å². The lowest BCUT2D eigenvalue weighted by atomic mass is 10.0. The first-order valence-electron chi connectivity index (χ1n) is 15.0. The number of ether oxygens (including phenoxy) is 2. The highest BCUT2D eigenvalue weighted by atomic mass is 31.1. The SMILES string of the molecule is CCCCCOc1ccc(P(Cc2c(C)cc(C)cc2C)Cc2c(C)cc(C)cc2C)c(OCCCCC)c1. The van der Waals surface area contributed by atoms with Crippen molar-refractivity contribution in [1.29, 1.82) is 0 Å². The second-order valence-electron chi connectivity index (χ2n) is 11.4. The molecule has 39 heavy (non-hydrogen) atoms. The van der Waals surface area contributed by atoms with Crippen LogP contribution < -0.4 is 14.8 Å². The van der Waals surface area contributed by atoms with Crippen LogP contribution in [0.2, 0.25) is 0 Å². The molecule has 212 valence electrons. The molecule has 0 bridgehead atoms. The van der Waals surface area contributed by atoms with Crippen LogP contribution in [0, 0.1) is 41.5 Å². The van der Waals surface area contributed by atoms with Crippen molar-refractivity contribution in [1.82, 2.24) is 0 Å². The molecule has 3 heteroatoms. The summed E-state index contributed by atoms with van der Waals surface area (Å²) in [6.07, 6.45) is 9.09. The standard InChI is InChI=1S/C36H51O2P/c1-9-11-13-17-37-32-15-16-36(35(23-32)38-18-14-12-10-2)39(24-33-28(5)19-26(3)20-29(33)6)25-34-30(7)21-27(4)22-31(34)8/h15-16,19-23H,9-14,17-18,24-25H2,1-8H3. The van der Waals surface area contributed by atoms with Gasteiger partial charge in [0, 0.05) is 11.4 Å². The van der Waals surface area contributed by atoms with E-state index in [2.05, 4.69) is 97.9 Å². The van der Waals surface area contributed by atoms with Crippen molar-refractivity contribution in [3.63, 3.8) is 0 Å². The molecule has 0 saturated carbocycles. The van der Waals surface area contributed by atoms with Crippen LogP contribution in [0.5, 0.6) is 11.5 Å². The van der Waals surface area contributed by atoms with Gasteiger partial charge in [0.05, 0.1) is 13.2 Å². The maximum Gasteiger partial charge on any atom is 0.130 e. The zero-order valence-corrected chi connectivity index (χ0v) is 26.8. The van der Waals surface area contributed by atoms with Gasteiger partial charge in [-0.3, -0.25) is 0 Å². The van der Waals surface area contributed by atoms with Crippen molar-refractivity contribution in [3.05, 3.63) is 87.0 Å². The Kier molecular flexibility index (Phi) is 12.4. The second-order valence-corrected chi connectivity index (χ2v) is 13.5. The predicted molar refractivity (Wildman–Crippen MR) is 172 cm³/mol. The molecule has 0 aliphatic carbocycles. The zero-order chi connectivity index (χ0) is 28.4. The van der Waals surface area contributed by atoms with E-state index in [0.717, 1.165) is 49.9 Å². The lowest BCUT2D eigenvalue weighted by Crippen LogP contribution is -2.13.